The molecule has 0 N–H and O–H groups in total. The summed E-state index contributed by atoms with van der Waals surface area (Å²) in [6, 6.07) is 0. The second-order valence-corrected chi connectivity index (χ2v) is 4.81. The van der Waals surface area contributed by atoms with E-state index >= 15 is 0 Å². The average molecular weight is 228 g/mol. The molecule has 0 saturated carbocycles. The first kappa shape index (κ1) is 12.8. The molecule has 1 fully saturated rings. The van der Waals surface area contributed by atoms with Gasteiger partial charge in [0.05, 0.1) is 5.71 Å². The number of ether oxygens (including phenoxy) is 1. The smallest absolute Gasteiger partial charge is 0.410 e. The van der Waals surface area contributed by atoms with E-state index in [2.05, 4.69) is 5.16 Å². The molecule has 5 heteroatoms. The van der Waals surface area contributed by atoms with Crippen LogP contribution in [0.1, 0.15) is 33.6 Å². The fourth-order valence-corrected chi connectivity index (χ4v) is 1.49. The summed E-state index contributed by atoms with van der Waals surface area (Å²) < 4.78 is 5.29. The lowest BCUT2D eigenvalue weighted by molar-refractivity contribution is 0.0247. The Morgan fingerprint density at radius 3 is 2.31 bits per heavy atom. The van der Waals surface area contributed by atoms with Gasteiger partial charge in [0.1, 0.15) is 12.7 Å². The Balaban J connectivity index is 2.42. The van der Waals surface area contributed by atoms with E-state index in [0.29, 0.717) is 13.1 Å². The zero-order chi connectivity index (χ0) is 12.2. The highest BCUT2D eigenvalue weighted by atomic mass is 16.6. The molecular formula is C11H20N2O3. The van der Waals surface area contributed by atoms with Crippen molar-refractivity contribution in [3.8, 4) is 0 Å². The largest absolute Gasteiger partial charge is 0.444 e. The van der Waals surface area contributed by atoms with Gasteiger partial charge in [-0.2, -0.15) is 0 Å². The van der Waals surface area contributed by atoms with Crippen LogP contribution in [0.3, 0.4) is 0 Å². The van der Waals surface area contributed by atoms with Crippen molar-refractivity contribution in [1.29, 1.82) is 0 Å². The molecule has 0 aromatic rings. The van der Waals surface area contributed by atoms with Crippen molar-refractivity contribution in [2.45, 2.75) is 39.2 Å². The number of oxime groups is 1. The maximum atomic E-state index is 11.7. The predicted octanol–water partition coefficient (Wildman–Crippen LogP) is 2.02. The minimum atomic E-state index is -0.433. The summed E-state index contributed by atoms with van der Waals surface area (Å²) in [4.78, 5) is 18.1. The Hall–Kier alpha value is -1.26. The molecule has 0 aromatic heterocycles. The van der Waals surface area contributed by atoms with Crippen molar-refractivity contribution in [1.82, 2.24) is 4.90 Å². The molecule has 92 valence electrons. The van der Waals surface area contributed by atoms with E-state index in [1.165, 1.54) is 7.11 Å². The fraction of sp³-hybridized carbons (Fsp3) is 0.818. The minimum Gasteiger partial charge on any atom is -0.444 e. The molecule has 0 unspecified atom stereocenters. The quantitative estimate of drug-likeness (QED) is 0.645. The highest BCUT2D eigenvalue weighted by molar-refractivity contribution is 5.86. The number of nitrogens with zero attached hydrogens (tertiary/aromatic N) is 2. The van der Waals surface area contributed by atoms with E-state index in [-0.39, 0.29) is 6.09 Å². The van der Waals surface area contributed by atoms with Gasteiger partial charge in [0.2, 0.25) is 0 Å². The van der Waals surface area contributed by atoms with Gasteiger partial charge in [-0.3, -0.25) is 0 Å². The van der Waals surface area contributed by atoms with E-state index in [1.807, 2.05) is 20.8 Å². The van der Waals surface area contributed by atoms with Gasteiger partial charge < -0.3 is 14.5 Å². The Morgan fingerprint density at radius 2 is 1.88 bits per heavy atom. The lowest BCUT2D eigenvalue weighted by atomic mass is 10.1. The number of amides is 1. The Bertz CT molecular complexity index is 271. The zero-order valence-electron chi connectivity index (χ0n) is 10.4. The van der Waals surface area contributed by atoms with Gasteiger partial charge in [-0.15, -0.1) is 0 Å². The first-order valence-corrected chi connectivity index (χ1v) is 5.49. The van der Waals surface area contributed by atoms with E-state index in [0.717, 1.165) is 18.6 Å². The number of carbonyl (C=O) groups is 1. The number of piperidine rings is 1. The van der Waals surface area contributed by atoms with Gasteiger partial charge in [-0.05, 0) is 20.8 Å². The predicted molar refractivity (Wildman–Crippen MR) is 61.5 cm³/mol. The van der Waals surface area contributed by atoms with Crippen molar-refractivity contribution in [3.63, 3.8) is 0 Å². The van der Waals surface area contributed by atoms with Crippen LogP contribution < -0.4 is 0 Å². The maximum Gasteiger partial charge on any atom is 0.410 e. The summed E-state index contributed by atoms with van der Waals surface area (Å²) in [5.41, 5.74) is 0.570. The number of carbonyl (C=O) groups excluding carboxylic acids is 1. The molecule has 1 heterocycles. The van der Waals surface area contributed by atoms with Crippen LogP contribution in [0.4, 0.5) is 4.79 Å². The molecule has 0 aromatic carbocycles. The van der Waals surface area contributed by atoms with Crippen molar-refractivity contribution in [2.75, 3.05) is 20.2 Å². The monoisotopic (exact) mass is 228 g/mol. The molecule has 0 radical (unpaired) electrons. The summed E-state index contributed by atoms with van der Waals surface area (Å²) >= 11 is 0. The molecule has 0 aliphatic carbocycles. The van der Waals surface area contributed by atoms with Crippen LogP contribution in [0.5, 0.6) is 0 Å². The zero-order valence-corrected chi connectivity index (χ0v) is 10.4. The highest BCUT2D eigenvalue weighted by Crippen LogP contribution is 2.14. The van der Waals surface area contributed by atoms with Crippen LogP contribution >= 0.6 is 0 Å². The third kappa shape index (κ3) is 4.08. The van der Waals surface area contributed by atoms with Crippen molar-refractivity contribution >= 4 is 11.8 Å². The van der Waals surface area contributed by atoms with E-state index in [1.54, 1.807) is 4.90 Å². The third-order valence-corrected chi connectivity index (χ3v) is 2.21. The summed E-state index contributed by atoms with van der Waals surface area (Å²) in [5, 5.41) is 3.89. The molecule has 1 aliphatic rings. The SMILES string of the molecule is CON=C1CCN(C(=O)OC(C)(C)C)CC1. The van der Waals surface area contributed by atoms with E-state index < -0.39 is 5.60 Å². The molecule has 1 saturated heterocycles. The lowest BCUT2D eigenvalue weighted by Crippen LogP contribution is -2.41. The third-order valence-electron chi connectivity index (χ3n) is 2.21. The van der Waals surface area contributed by atoms with Crippen molar-refractivity contribution in [3.05, 3.63) is 0 Å². The molecule has 0 atom stereocenters. The Morgan fingerprint density at radius 1 is 1.31 bits per heavy atom. The summed E-state index contributed by atoms with van der Waals surface area (Å²) in [6.45, 7) is 6.90. The van der Waals surface area contributed by atoms with E-state index in [9.17, 15) is 4.79 Å². The second-order valence-electron chi connectivity index (χ2n) is 4.81. The molecule has 1 aliphatic heterocycles. The molecular weight excluding hydrogens is 208 g/mol. The summed E-state index contributed by atoms with van der Waals surface area (Å²) in [6.07, 6.45) is 1.27. The van der Waals surface area contributed by atoms with Crippen LogP contribution in [0.25, 0.3) is 0 Å². The van der Waals surface area contributed by atoms with Gasteiger partial charge >= 0.3 is 6.09 Å². The molecule has 1 rings (SSSR count). The molecule has 5 nitrogen and oxygen atoms in total. The molecule has 1 amide bonds. The van der Waals surface area contributed by atoms with Crippen LogP contribution in [0.15, 0.2) is 5.16 Å². The van der Waals surface area contributed by atoms with Crippen LogP contribution in [0, 0.1) is 0 Å². The molecule has 0 bridgehead atoms. The van der Waals surface area contributed by atoms with Crippen LogP contribution in [-0.4, -0.2) is 42.5 Å². The van der Waals surface area contributed by atoms with Gasteiger partial charge in [-0.1, -0.05) is 5.16 Å². The number of hydrogen-bond donors (Lipinski definition) is 0. The van der Waals surface area contributed by atoms with Gasteiger partial charge in [0.25, 0.3) is 0 Å². The van der Waals surface area contributed by atoms with Gasteiger partial charge in [-0.25, -0.2) is 4.79 Å². The standard InChI is InChI=1S/C11H20N2O3/c1-11(2,3)16-10(14)13-7-5-9(6-8-13)12-15-4/h5-8H2,1-4H3. The van der Waals surface area contributed by atoms with Gasteiger partial charge in [0.15, 0.2) is 0 Å². The number of likely N-dealkylation sites (tertiary alicyclic amines) is 1. The summed E-state index contributed by atoms with van der Waals surface area (Å²) in [7, 11) is 1.53. The molecule has 0 spiro atoms. The Labute approximate surface area is 96.4 Å². The first-order chi connectivity index (χ1) is 7.42. The summed E-state index contributed by atoms with van der Waals surface area (Å²) in [5.74, 6) is 0. The number of rotatable bonds is 1. The first-order valence-electron chi connectivity index (χ1n) is 5.49. The van der Waals surface area contributed by atoms with E-state index in [4.69, 9.17) is 9.57 Å². The molecule has 16 heavy (non-hydrogen) atoms. The van der Waals surface area contributed by atoms with Crippen LogP contribution in [-0.2, 0) is 9.57 Å². The lowest BCUT2D eigenvalue weighted by Gasteiger charge is -2.30. The van der Waals surface area contributed by atoms with Crippen molar-refractivity contribution < 1.29 is 14.4 Å². The average Bonchev–Trinajstić information content (AvgIpc) is 2.16. The second kappa shape index (κ2) is 5.18. The van der Waals surface area contributed by atoms with Crippen molar-refractivity contribution in [2.24, 2.45) is 5.16 Å². The Kier molecular flexibility index (Phi) is 4.15. The minimum absolute atomic E-state index is 0.246. The topological polar surface area (TPSA) is 51.1 Å². The maximum absolute atomic E-state index is 11.7. The van der Waals surface area contributed by atoms with Gasteiger partial charge in [0, 0.05) is 25.9 Å². The highest BCUT2D eigenvalue weighted by Gasteiger charge is 2.25. The number of hydrogen-bond acceptors (Lipinski definition) is 4. The normalized spacial score (nSPS) is 17.0. The van der Waals surface area contributed by atoms with Crippen LogP contribution in [0.2, 0.25) is 0 Å². The fourth-order valence-electron chi connectivity index (χ4n) is 1.49.